The predicted molar refractivity (Wildman–Crippen MR) is 78.0 cm³/mol. The maximum Gasteiger partial charge on any atom is 0.254 e. The lowest BCUT2D eigenvalue weighted by Crippen LogP contribution is -2.30. The summed E-state index contributed by atoms with van der Waals surface area (Å²) in [6.07, 6.45) is 0.0324. The number of hydrogen-bond acceptors (Lipinski definition) is 4. The van der Waals surface area contributed by atoms with Crippen LogP contribution >= 0.6 is 0 Å². The van der Waals surface area contributed by atoms with Gasteiger partial charge in [0.25, 0.3) is 5.56 Å². The summed E-state index contributed by atoms with van der Waals surface area (Å²) in [6.45, 7) is 5.68. The summed E-state index contributed by atoms with van der Waals surface area (Å²) in [4.78, 5) is 32.5. The van der Waals surface area contributed by atoms with Crippen molar-refractivity contribution in [2.75, 3.05) is 7.05 Å². The van der Waals surface area contributed by atoms with Crippen molar-refractivity contribution in [2.45, 2.75) is 33.7 Å². The van der Waals surface area contributed by atoms with Crippen LogP contribution in [0.2, 0.25) is 0 Å². The van der Waals surface area contributed by atoms with Gasteiger partial charge in [0.2, 0.25) is 5.91 Å². The molecule has 0 aliphatic rings. The highest BCUT2D eigenvalue weighted by Gasteiger charge is 2.16. The second-order valence-corrected chi connectivity index (χ2v) is 5.15. The number of H-pyrrole nitrogens is 1. The van der Waals surface area contributed by atoms with Crippen LogP contribution in [0.1, 0.15) is 28.6 Å². The highest BCUT2D eigenvalue weighted by Crippen LogP contribution is 2.10. The summed E-state index contributed by atoms with van der Waals surface area (Å²) in [7, 11) is 1.69. The summed E-state index contributed by atoms with van der Waals surface area (Å²) >= 11 is 0. The molecule has 6 heteroatoms. The lowest BCUT2D eigenvalue weighted by molar-refractivity contribution is -0.129. The molecular formula is C15H19N3O3. The van der Waals surface area contributed by atoms with Gasteiger partial charge in [-0.2, -0.15) is 0 Å². The predicted octanol–water partition coefficient (Wildman–Crippen LogP) is 1.49. The highest BCUT2D eigenvalue weighted by molar-refractivity contribution is 5.78. The standard InChI is InChI=1S/C15H19N3O3/c1-9-5-6-12(21-9)8-18(4)14(19)7-13-10(2)16-11(3)17-15(13)20/h5-6H,7-8H2,1-4H3,(H,16,17,20). The molecule has 21 heavy (non-hydrogen) atoms. The van der Waals surface area contributed by atoms with E-state index >= 15 is 0 Å². The summed E-state index contributed by atoms with van der Waals surface area (Å²) in [6, 6.07) is 3.69. The van der Waals surface area contributed by atoms with E-state index in [1.807, 2.05) is 19.1 Å². The maximum atomic E-state index is 12.2. The number of rotatable bonds is 4. The number of nitrogens with zero attached hydrogens (tertiary/aromatic N) is 2. The first kappa shape index (κ1) is 15.0. The number of nitrogens with one attached hydrogen (secondary N) is 1. The number of amides is 1. The molecule has 1 amide bonds. The first-order valence-electron chi connectivity index (χ1n) is 6.72. The van der Waals surface area contributed by atoms with E-state index in [1.165, 1.54) is 4.90 Å². The quantitative estimate of drug-likeness (QED) is 0.924. The Morgan fingerprint density at radius 3 is 2.62 bits per heavy atom. The van der Waals surface area contributed by atoms with Gasteiger partial charge in [0.05, 0.1) is 13.0 Å². The van der Waals surface area contributed by atoms with Crippen LogP contribution in [0.5, 0.6) is 0 Å². The first-order valence-corrected chi connectivity index (χ1v) is 6.72. The second kappa shape index (κ2) is 5.95. The minimum atomic E-state index is -0.254. The van der Waals surface area contributed by atoms with Crippen molar-refractivity contribution in [1.82, 2.24) is 14.9 Å². The SMILES string of the molecule is Cc1nc(C)c(CC(=O)N(C)Cc2ccc(C)o2)c(=O)[nH]1. The normalized spacial score (nSPS) is 10.7. The van der Waals surface area contributed by atoms with E-state index in [0.717, 1.165) is 11.5 Å². The fourth-order valence-corrected chi connectivity index (χ4v) is 2.14. The zero-order valence-electron chi connectivity index (χ0n) is 12.7. The van der Waals surface area contributed by atoms with Crippen molar-refractivity contribution >= 4 is 5.91 Å². The van der Waals surface area contributed by atoms with Crippen molar-refractivity contribution in [3.05, 3.63) is 51.1 Å². The van der Waals surface area contributed by atoms with Gasteiger partial charge in [-0.05, 0) is 32.9 Å². The Hall–Kier alpha value is -2.37. The fourth-order valence-electron chi connectivity index (χ4n) is 2.14. The van der Waals surface area contributed by atoms with Gasteiger partial charge in [0.15, 0.2) is 0 Å². The number of aromatic amines is 1. The van der Waals surface area contributed by atoms with E-state index in [4.69, 9.17) is 4.42 Å². The molecule has 112 valence electrons. The van der Waals surface area contributed by atoms with Crippen molar-refractivity contribution in [2.24, 2.45) is 0 Å². The molecule has 0 unspecified atom stereocenters. The van der Waals surface area contributed by atoms with Crippen LogP contribution in [0.4, 0.5) is 0 Å². The van der Waals surface area contributed by atoms with E-state index < -0.39 is 0 Å². The molecule has 1 N–H and O–H groups in total. The van der Waals surface area contributed by atoms with Crippen molar-refractivity contribution in [3.63, 3.8) is 0 Å². The van der Waals surface area contributed by atoms with E-state index in [9.17, 15) is 9.59 Å². The molecule has 2 heterocycles. The van der Waals surface area contributed by atoms with Gasteiger partial charge < -0.3 is 14.3 Å². The number of aryl methyl sites for hydroxylation is 3. The molecule has 0 saturated carbocycles. The molecule has 0 spiro atoms. The number of furan rings is 1. The molecule has 0 bridgehead atoms. The van der Waals surface area contributed by atoms with Gasteiger partial charge in [-0.15, -0.1) is 0 Å². The molecule has 0 saturated heterocycles. The number of carbonyl (C=O) groups is 1. The Kier molecular flexibility index (Phi) is 4.26. The largest absolute Gasteiger partial charge is 0.464 e. The average Bonchev–Trinajstić information content (AvgIpc) is 2.78. The van der Waals surface area contributed by atoms with E-state index in [0.29, 0.717) is 23.6 Å². The molecule has 6 nitrogen and oxygen atoms in total. The van der Waals surface area contributed by atoms with Crippen LogP contribution in [0.3, 0.4) is 0 Å². The van der Waals surface area contributed by atoms with Gasteiger partial charge in [-0.3, -0.25) is 9.59 Å². The molecule has 0 fully saturated rings. The lowest BCUT2D eigenvalue weighted by Gasteiger charge is -2.16. The fraction of sp³-hybridized carbons (Fsp3) is 0.400. The lowest BCUT2D eigenvalue weighted by atomic mass is 10.1. The topological polar surface area (TPSA) is 79.2 Å². The molecule has 2 aromatic rings. The van der Waals surface area contributed by atoms with E-state index in [2.05, 4.69) is 9.97 Å². The Morgan fingerprint density at radius 2 is 2.05 bits per heavy atom. The van der Waals surface area contributed by atoms with Crippen LogP contribution in [0.15, 0.2) is 21.3 Å². The molecule has 0 radical (unpaired) electrons. The minimum absolute atomic E-state index is 0.0324. The molecule has 2 aromatic heterocycles. The number of likely N-dealkylation sites (N-methyl/N-ethyl adjacent to an activating group) is 1. The van der Waals surface area contributed by atoms with Gasteiger partial charge in [-0.1, -0.05) is 0 Å². The van der Waals surface area contributed by atoms with E-state index in [-0.39, 0.29) is 17.9 Å². The van der Waals surface area contributed by atoms with Gasteiger partial charge >= 0.3 is 0 Å². The molecular weight excluding hydrogens is 270 g/mol. The average molecular weight is 289 g/mol. The van der Waals surface area contributed by atoms with Crippen LogP contribution < -0.4 is 5.56 Å². The Morgan fingerprint density at radius 1 is 1.33 bits per heavy atom. The third-order valence-electron chi connectivity index (χ3n) is 3.28. The molecule has 0 atom stereocenters. The number of aromatic nitrogens is 2. The summed E-state index contributed by atoms with van der Waals surface area (Å²) in [5.41, 5.74) is 0.746. The molecule has 0 aromatic carbocycles. The highest BCUT2D eigenvalue weighted by atomic mass is 16.3. The Labute approximate surface area is 122 Å². The third kappa shape index (κ3) is 3.59. The molecule has 2 rings (SSSR count). The number of hydrogen-bond donors (Lipinski definition) is 1. The summed E-state index contributed by atoms with van der Waals surface area (Å²) < 4.78 is 5.44. The zero-order valence-corrected chi connectivity index (χ0v) is 12.7. The van der Waals surface area contributed by atoms with Crippen LogP contribution in [-0.4, -0.2) is 27.8 Å². The Bertz CT molecular complexity index is 715. The zero-order chi connectivity index (χ0) is 15.6. The van der Waals surface area contributed by atoms with Gasteiger partial charge in [0, 0.05) is 18.3 Å². The Balaban J connectivity index is 2.09. The monoisotopic (exact) mass is 289 g/mol. The van der Waals surface area contributed by atoms with Crippen molar-refractivity contribution in [1.29, 1.82) is 0 Å². The smallest absolute Gasteiger partial charge is 0.254 e. The summed E-state index contributed by atoms with van der Waals surface area (Å²) in [5, 5.41) is 0. The van der Waals surface area contributed by atoms with E-state index in [1.54, 1.807) is 20.9 Å². The summed E-state index contributed by atoms with van der Waals surface area (Å²) in [5.74, 6) is 1.92. The van der Waals surface area contributed by atoms with Crippen molar-refractivity contribution < 1.29 is 9.21 Å². The second-order valence-electron chi connectivity index (χ2n) is 5.15. The van der Waals surface area contributed by atoms with Crippen LogP contribution in [-0.2, 0) is 17.8 Å². The van der Waals surface area contributed by atoms with Crippen molar-refractivity contribution in [3.8, 4) is 0 Å². The first-order chi connectivity index (χ1) is 9.86. The van der Waals surface area contributed by atoms with Gasteiger partial charge in [0.1, 0.15) is 17.3 Å². The minimum Gasteiger partial charge on any atom is -0.464 e. The van der Waals surface area contributed by atoms with Crippen LogP contribution in [0.25, 0.3) is 0 Å². The molecule has 0 aliphatic heterocycles. The third-order valence-corrected chi connectivity index (χ3v) is 3.28. The number of carbonyl (C=O) groups excluding carboxylic acids is 1. The maximum absolute atomic E-state index is 12.2. The van der Waals surface area contributed by atoms with Gasteiger partial charge in [-0.25, -0.2) is 4.98 Å². The van der Waals surface area contributed by atoms with Crippen LogP contribution in [0, 0.1) is 20.8 Å². The molecule has 0 aliphatic carbocycles.